The van der Waals surface area contributed by atoms with Gasteiger partial charge in [-0.3, -0.25) is 14.4 Å². The summed E-state index contributed by atoms with van der Waals surface area (Å²) in [5.74, 6) is -2.74. The van der Waals surface area contributed by atoms with E-state index in [4.69, 9.17) is 21.7 Å². The van der Waals surface area contributed by atoms with Crippen molar-refractivity contribution in [1.29, 1.82) is 0 Å². The summed E-state index contributed by atoms with van der Waals surface area (Å²) in [6.45, 7) is 6.92. The number of amides is 4. The molecule has 0 aliphatic rings. The molecule has 3 atom stereocenters. The van der Waals surface area contributed by atoms with E-state index in [0.717, 1.165) is 0 Å². The van der Waals surface area contributed by atoms with Gasteiger partial charge < -0.3 is 37.7 Å². The van der Waals surface area contributed by atoms with E-state index in [1.807, 2.05) is 0 Å². The van der Waals surface area contributed by atoms with E-state index in [9.17, 15) is 24.0 Å². The molecule has 0 saturated heterocycles. The molecule has 13 heteroatoms. The molecule has 0 radical (unpaired) electrons. The maximum absolute atomic E-state index is 12.9. The van der Waals surface area contributed by atoms with Crippen molar-refractivity contribution in [2.24, 2.45) is 17.4 Å². The molecular formula is C20H35N7O6. The zero-order valence-corrected chi connectivity index (χ0v) is 19.5. The number of hydrogen-bond acceptors (Lipinski definition) is 7. The molecule has 7 N–H and O–H groups in total. The van der Waals surface area contributed by atoms with Crippen LogP contribution in [0.3, 0.4) is 0 Å². The minimum atomic E-state index is -1.18. The first-order valence-electron chi connectivity index (χ1n) is 10.7. The maximum Gasteiger partial charge on any atom is 0.328 e. The molecule has 0 aromatic rings. The Labute approximate surface area is 193 Å². The van der Waals surface area contributed by atoms with E-state index < -0.39 is 53.8 Å². The monoisotopic (exact) mass is 469 g/mol. The van der Waals surface area contributed by atoms with Crippen molar-refractivity contribution in [3.8, 4) is 0 Å². The lowest BCUT2D eigenvalue weighted by molar-refractivity contribution is -0.152. The van der Waals surface area contributed by atoms with E-state index in [2.05, 4.69) is 20.7 Å². The SMILES string of the molecule is CC(C)OC(=O)[C@H](CCC(=O)C=[N+]=[N-])NC(=O)[C@H](CCCNC(N)=O)NC(=O)[C@@H](N)C(C)C. The Morgan fingerprint density at radius 3 is 2.12 bits per heavy atom. The second-order valence-corrected chi connectivity index (χ2v) is 8.06. The van der Waals surface area contributed by atoms with Crippen LogP contribution in [0.2, 0.25) is 0 Å². The van der Waals surface area contributed by atoms with Gasteiger partial charge in [0.25, 0.3) is 0 Å². The Morgan fingerprint density at radius 2 is 1.61 bits per heavy atom. The van der Waals surface area contributed by atoms with Crippen LogP contribution < -0.4 is 27.4 Å². The zero-order chi connectivity index (χ0) is 25.6. The first-order valence-corrected chi connectivity index (χ1v) is 10.7. The molecular weight excluding hydrogens is 434 g/mol. The number of nitrogens with zero attached hydrogens (tertiary/aromatic N) is 2. The van der Waals surface area contributed by atoms with Gasteiger partial charge in [-0.1, -0.05) is 13.8 Å². The summed E-state index contributed by atoms with van der Waals surface area (Å²) in [5.41, 5.74) is 19.3. The molecule has 4 amide bonds. The molecule has 0 aromatic carbocycles. The Kier molecular flexibility index (Phi) is 13.9. The molecule has 0 saturated carbocycles. The van der Waals surface area contributed by atoms with Gasteiger partial charge in [0.1, 0.15) is 12.1 Å². The summed E-state index contributed by atoms with van der Waals surface area (Å²) < 4.78 is 5.14. The number of ether oxygens (including phenoxy) is 1. The number of hydrogen-bond donors (Lipinski definition) is 5. The fourth-order valence-corrected chi connectivity index (χ4v) is 2.61. The first kappa shape index (κ1) is 29.7. The van der Waals surface area contributed by atoms with Crippen LogP contribution in [0.1, 0.15) is 53.4 Å². The van der Waals surface area contributed by atoms with Crippen molar-refractivity contribution in [1.82, 2.24) is 16.0 Å². The van der Waals surface area contributed by atoms with Crippen LogP contribution in [0.5, 0.6) is 0 Å². The first-order chi connectivity index (χ1) is 15.4. The van der Waals surface area contributed by atoms with E-state index >= 15 is 0 Å². The summed E-state index contributed by atoms with van der Waals surface area (Å²) in [6, 6.07) is -3.84. The van der Waals surface area contributed by atoms with Crippen LogP contribution in [-0.4, -0.2) is 71.4 Å². The van der Waals surface area contributed by atoms with Gasteiger partial charge in [-0.15, -0.1) is 0 Å². The zero-order valence-electron chi connectivity index (χ0n) is 19.5. The van der Waals surface area contributed by atoms with E-state index in [0.29, 0.717) is 12.6 Å². The molecule has 0 aromatic heterocycles. The third-order valence-corrected chi connectivity index (χ3v) is 4.46. The van der Waals surface area contributed by atoms with E-state index in [1.165, 1.54) is 0 Å². The Morgan fingerprint density at radius 1 is 1.00 bits per heavy atom. The van der Waals surface area contributed by atoms with Crippen molar-refractivity contribution in [2.45, 2.75) is 77.6 Å². The minimum absolute atomic E-state index is 0.114. The number of carbonyl (C=O) groups is 5. The number of esters is 1. The normalized spacial score (nSPS) is 13.3. The number of primary amides is 1. The highest BCUT2D eigenvalue weighted by Crippen LogP contribution is 2.07. The summed E-state index contributed by atoms with van der Waals surface area (Å²) in [5, 5.41) is 7.45. The van der Waals surface area contributed by atoms with Crippen molar-refractivity contribution in [3.05, 3.63) is 5.53 Å². The number of nitrogens with one attached hydrogen (secondary N) is 3. The van der Waals surface area contributed by atoms with E-state index in [-0.39, 0.29) is 31.7 Å². The van der Waals surface area contributed by atoms with Gasteiger partial charge in [0, 0.05) is 13.0 Å². The lowest BCUT2D eigenvalue weighted by Crippen LogP contribution is -2.55. The molecule has 0 fully saturated rings. The van der Waals surface area contributed by atoms with Crippen LogP contribution in [0.15, 0.2) is 0 Å². The molecule has 0 heterocycles. The summed E-state index contributed by atoms with van der Waals surface area (Å²) >= 11 is 0. The third-order valence-electron chi connectivity index (χ3n) is 4.46. The van der Waals surface area contributed by atoms with Gasteiger partial charge in [-0.05, 0) is 39.0 Å². The molecule has 0 aliphatic carbocycles. The quantitative estimate of drug-likeness (QED) is 0.0660. The standard InChI is InChI=1S/C20H35N7O6/c1-11(2)16(21)18(30)26-14(6-5-9-24-20(22)32)17(29)27-15(19(31)33-12(3)4)8-7-13(28)10-25-23/h10-12,14-16H,5-9,21H2,1-4H3,(H,26,30)(H,27,29)(H3,22,24,32)/t14-,15-,16-/m0/s1. The van der Waals surface area contributed by atoms with Crippen LogP contribution in [-0.2, 0) is 23.9 Å². The molecule has 33 heavy (non-hydrogen) atoms. The van der Waals surface area contributed by atoms with Gasteiger partial charge in [0.2, 0.25) is 17.6 Å². The highest BCUT2D eigenvalue weighted by molar-refractivity contribution is 6.25. The minimum Gasteiger partial charge on any atom is -0.461 e. The topological polar surface area (TPSA) is 219 Å². The average molecular weight is 470 g/mol. The summed E-state index contributed by atoms with van der Waals surface area (Å²) in [7, 11) is 0. The van der Waals surface area contributed by atoms with Crippen molar-refractivity contribution in [2.75, 3.05) is 6.54 Å². The van der Waals surface area contributed by atoms with E-state index in [1.54, 1.807) is 27.7 Å². The van der Waals surface area contributed by atoms with Crippen LogP contribution >= 0.6 is 0 Å². The fraction of sp³-hybridized carbons (Fsp3) is 0.700. The maximum atomic E-state index is 12.9. The average Bonchev–Trinajstić information content (AvgIpc) is 2.71. The van der Waals surface area contributed by atoms with Gasteiger partial charge >= 0.3 is 18.2 Å². The van der Waals surface area contributed by atoms with Crippen molar-refractivity contribution in [3.63, 3.8) is 0 Å². The van der Waals surface area contributed by atoms with Gasteiger partial charge in [0.15, 0.2) is 0 Å². The molecule has 13 nitrogen and oxygen atoms in total. The van der Waals surface area contributed by atoms with Gasteiger partial charge in [-0.25, -0.2) is 9.59 Å². The van der Waals surface area contributed by atoms with Crippen molar-refractivity contribution < 1.29 is 33.5 Å². The molecule has 0 bridgehead atoms. The second kappa shape index (κ2) is 15.5. The number of nitrogens with two attached hydrogens (primary N) is 2. The highest BCUT2D eigenvalue weighted by atomic mass is 16.5. The van der Waals surface area contributed by atoms with Crippen LogP contribution in [0.25, 0.3) is 5.53 Å². The fourth-order valence-electron chi connectivity index (χ4n) is 2.61. The second-order valence-electron chi connectivity index (χ2n) is 8.06. The largest absolute Gasteiger partial charge is 0.461 e. The number of Topliss-reactive ketones (excluding diaryl/α,β-unsaturated/α-hetero) is 1. The molecule has 0 spiro atoms. The molecule has 186 valence electrons. The lowest BCUT2D eigenvalue weighted by atomic mass is 10.0. The molecule has 0 unspecified atom stereocenters. The number of ketones is 1. The van der Waals surface area contributed by atoms with Gasteiger partial charge in [-0.2, -0.15) is 4.79 Å². The Balaban J connectivity index is 5.45. The molecule has 0 aliphatic heterocycles. The highest BCUT2D eigenvalue weighted by Gasteiger charge is 2.30. The smallest absolute Gasteiger partial charge is 0.328 e. The van der Waals surface area contributed by atoms with Crippen LogP contribution in [0.4, 0.5) is 4.79 Å². The number of carbonyl (C=O) groups excluding carboxylic acids is 5. The summed E-state index contributed by atoms with van der Waals surface area (Å²) in [6.07, 6.45) is 0.327. The molecule has 0 rings (SSSR count). The predicted molar refractivity (Wildman–Crippen MR) is 119 cm³/mol. The predicted octanol–water partition coefficient (Wildman–Crippen LogP) is -1.01. The Bertz CT molecular complexity index is 749. The van der Waals surface area contributed by atoms with Crippen LogP contribution in [0, 0.1) is 5.92 Å². The Hall–Kier alpha value is -3.31. The number of urea groups is 1. The number of rotatable bonds is 15. The lowest BCUT2D eigenvalue weighted by Gasteiger charge is -2.25. The summed E-state index contributed by atoms with van der Waals surface area (Å²) in [4.78, 5) is 62.9. The van der Waals surface area contributed by atoms with Gasteiger partial charge in [0.05, 0.1) is 12.1 Å². The van der Waals surface area contributed by atoms with Crippen molar-refractivity contribution >= 4 is 35.8 Å². The third kappa shape index (κ3) is 13.0.